The van der Waals surface area contributed by atoms with Gasteiger partial charge in [0.15, 0.2) is 0 Å². The van der Waals surface area contributed by atoms with Crippen LogP contribution in [0.4, 0.5) is 0 Å². The van der Waals surface area contributed by atoms with Crippen LogP contribution in [0, 0.1) is 5.41 Å². The van der Waals surface area contributed by atoms with Crippen molar-refractivity contribution in [3.63, 3.8) is 0 Å². The SMILES string of the molecule is [C]1=CCC=CS1. The molecule has 1 heteroatoms. The molecule has 1 aliphatic heterocycles. The highest BCUT2D eigenvalue weighted by atomic mass is 32.2. The first-order valence-corrected chi connectivity index (χ1v) is 2.76. The average Bonchev–Trinajstić information content (AvgIpc) is 1.72. The Kier molecular flexibility index (Phi) is 1.39. The van der Waals surface area contributed by atoms with Crippen molar-refractivity contribution in [2.75, 3.05) is 0 Å². The summed E-state index contributed by atoms with van der Waals surface area (Å²) in [4.78, 5) is 0. The molecule has 0 unspecified atom stereocenters. The van der Waals surface area contributed by atoms with E-state index in [1.54, 1.807) is 11.8 Å². The summed E-state index contributed by atoms with van der Waals surface area (Å²) < 4.78 is 0. The number of thioether (sulfide) groups is 1. The maximum Gasteiger partial charge on any atom is 0.0215 e. The van der Waals surface area contributed by atoms with Crippen molar-refractivity contribution in [3.8, 4) is 0 Å². The van der Waals surface area contributed by atoms with E-state index < -0.39 is 0 Å². The Hall–Kier alpha value is -0.170. The van der Waals surface area contributed by atoms with Gasteiger partial charge in [-0.1, -0.05) is 23.9 Å². The molecule has 31 valence electrons. The maximum absolute atomic E-state index is 2.99. The molecule has 0 fully saturated rings. The Morgan fingerprint density at radius 3 is 2.83 bits per heavy atom. The number of hydrogen-bond acceptors (Lipinski definition) is 1. The third-order valence-corrected chi connectivity index (χ3v) is 1.20. The van der Waals surface area contributed by atoms with Gasteiger partial charge >= 0.3 is 0 Å². The van der Waals surface area contributed by atoms with Gasteiger partial charge in [-0.15, -0.1) is 0 Å². The van der Waals surface area contributed by atoms with Crippen molar-refractivity contribution in [1.82, 2.24) is 0 Å². The summed E-state index contributed by atoms with van der Waals surface area (Å²) in [5.74, 6) is 0. The summed E-state index contributed by atoms with van der Waals surface area (Å²) in [6.45, 7) is 0. The molecule has 0 amide bonds. The highest BCUT2D eigenvalue weighted by molar-refractivity contribution is 8.03. The first-order valence-electron chi connectivity index (χ1n) is 1.88. The van der Waals surface area contributed by atoms with Gasteiger partial charge in [-0.3, -0.25) is 0 Å². The minimum atomic E-state index is 1.06. The molecule has 0 atom stereocenters. The summed E-state index contributed by atoms with van der Waals surface area (Å²) in [6.07, 6.45) is 5.19. The van der Waals surface area contributed by atoms with Gasteiger partial charge in [0.2, 0.25) is 0 Å². The average molecular weight is 97.2 g/mol. The van der Waals surface area contributed by atoms with Crippen LogP contribution < -0.4 is 0 Å². The van der Waals surface area contributed by atoms with Gasteiger partial charge < -0.3 is 0 Å². The molecule has 0 aromatic rings. The number of hydrogen-bond donors (Lipinski definition) is 0. The van der Waals surface area contributed by atoms with Gasteiger partial charge in [-0.05, 0) is 11.8 Å². The zero-order valence-corrected chi connectivity index (χ0v) is 4.16. The Bertz CT molecular complexity index is 61.9. The molecule has 0 aromatic heterocycles. The molecule has 0 bridgehead atoms. The van der Waals surface area contributed by atoms with E-state index in [4.69, 9.17) is 0 Å². The molecule has 0 aliphatic carbocycles. The largest absolute Gasteiger partial charge is 0.0975 e. The van der Waals surface area contributed by atoms with E-state index in [0.717, 1.165) is 6.42 Å². The van der Waals surface area contributed by atoms with Gasteiger partial charge in [-0.2, -0.15) is 0 Å². The van der Waals surface area contributed by atoms with Gasteiger partial charge in [-0.25, -0.2) is 0 Å². The van der Waals surface area contributed by atoms with Crippen molar-refractivity contribution in [2.24, 2.45) is 0 Å². The Balaban J connectivity index is 2.40. The highest BCUT2D eigenvalue weighted by Gasteiger charge is 1.77. The molecule has 1 radical (unpaired) electrons. The molecule has 0 saturated carbocycles. The zero-order chi connectivity index (χ0) is 4.24. The molecule has 0 spiro atoms. The molecule has 1 aliphatic rings. The van der Waals surface area contributed by atoms with Gasteiger partial charge in [0, 0.05) is 5.41 Å². The third kappa shape index (κ3) is 0.902. The summed E-state index contributed by atoms with van der Waals surface area (Å²) in [5, 5.41) is 5.03. The summed E-state index contributed by atoms with van der Waals surface area (Å²) in [7, 11) is 0. The fourth-order valence-electron chi connectivity index (χ4n) is 0.307. The lowest BCUT2D eigenvalue weighted by atomic mass is 10.4. The highest BCUT2D eigenvalue weighted by Crippen LogP contribution is 2.08. The smallest absolute Gasteiger partial charge is 0.0215 e. The van der Waals surface area contributed by atoms with Crippen LogP contribution in [0.25, 0.3) is 0 Å². The predicted octanol–water partition coefficient (Wildman–Crippen LogP) is 1.95. The monoisotopic (exact) mass is 97.0 g/mol. The molecular weight excluding hydrogens is 92.1 g/mol. The Labute approximate surface area is 41.9 Å². The molecular formula is C5H5S. The van der Waals surface area contributed by atoms with Crippen molar-refractivity contribution in [3.05, 3.63) is 23.0 Å². The summed E-state index contributed by atoms with van der Waals surface area (Å²) in [6, 6.07) is 0. The van der Waals surface area contributed by atoms with E-state index in [1.165, 1.54) is 0 Å². The second kappa shape index (κ2) is 2.08. The molecule has 0 nitrogen and oxygen atoms in total. The standard InChI is InChI=1S/C5H5S/c1-2-4-6-5-3-1/h2-4H,1H2. The van der Waals surface area contributed by atoms with Gasteiger partial charge in [0.1, 0.15) is 0 Å². The minimum Gasteiger partial charge on any atom is -0.0975 e. The van der Waals surface area contributed by atoms with Crippen LogP contribution in [0.3, 0.4) is 0 Å². The summed E-state index contributed by atoms with van der Waals surface area (Å²) in [5.41, 5.74) is 0. The van der Waals surface area contributed by atoms with E-state index in [-0.39, 0.29) is 0 Å². The van der Waals surface area contributed by atoms with Crippen LogP contribution in [-0.2, 0) is 0 Å². The quantitative estimate of drug-likeness (QED) is 0.445. The van der Waals surface area contributed by atoms with Crippen LogP contribution in [-0.4, -0.2) is 0 Å². The van der Waals surface area contributed by atoms with Crippen LogP contribution in [0.2, 0.25) is 0 Å². The number of allylic oxidation sites excluding steroid dienone is 2. The van der Waals surface area contributed by atoms with Gasteiger partial charge in [0.05, 0.1) is 0 Å². The topological polar surface area (TPSA) is 0 Å². The van der Waals surface area contributed by atoms with Crippen molar-refractivity contribution < 1.29 is 0 Å². The van der Waals surface area contributed by atoms with Gasteiger partial charge in [0.25, 0.3) is 0 Å². The van der Waals surface area contributed by atoms with Crippen molar-refractivity contribution in [1.29, 1.82) is 0 Å². The van der Waals surface area contributed by atoms with E-state index in [0.29, 0.717) is 0 Å². The molecule has 0 saturated heterocycles. The summed E-state index contributed by atoms with van der Waals surface area (Å²) >= 11 is 1.61. The Morgan fingerprint density at radius 2 is 2.67 bits per heavy atom. The fourth-order valence-corrected chi connectivity index (χ4v) is 0.786. The zero-order valence-electron chi connectivity index (χ0n) is 3.35. The van der Waals surface area contributed by atoms with Crippen LogP contribution in [0.1, 0.15) is 6.42 Å². The van der Waals surface area contributed by atoms with Crippen molar-refractivity contribution in [2.45, 2.75) is 6.42 Å². The second-order valence-corrected chi connectivity index (χ2v) is 1.79. The minimum absolute atomic E-state index is 1.06. The van der Waals surface area contributed by atoms with E-state index in [9.17, 15) is 0 Å². The first kappa shape index (κ1) is 4.00. The normalized spacial score (nSPS) is 18.7. The fraction of sp³-hybridized carbons (Fsp3) is 0.200. The molecule has 0 aromatic carbocycles. The molecule has 6 heavy (non-hydrogen) atoms. The third-order valence-electron chi connectivity index (χ3n) is 0.570. The van der Waals surface area contributed by atoms with Crippen molar-refractivity contribution >= 4 is 11.8 Å². The van der Waals surface area contributed by atoms with E-state index in [1.807, 2.05) is 11.5 Å². The van der Waals surface area contributed by atoms with Crippen LogP contribution in [0.15, 0.2) is 17.6 Å². The number of rotatable bonds is 0. The maximum atomic E-state index is 2.99. The molecule has 1 heterocycles. The van der Waals surface area contributed by atoms with E-state index >= 15 is 0 Å². The first-order chi connectivity index (χ1) is 3.00. The molecule has 0 N–H and O–H groups in total. The Morgan fingerprint density at radius 1 is 1.67 bits per heavy atom. The lowest BCUT2D eigenvalue weighted by Gasteiger charge is -1.85. The predicted molar refractivity (Wildman–Crippen MR) is 29.2 cm³/mol. The van der Waals surface area contributed by atoms with Crippen LogP contribution in [0.5, 0.6) is 0 Å². The van der Waals surface area contributed by atoms with Crippen LogP contribution >= 0.6 is 11.8 Å². The molecule has 1 rings (SSSR count). The lowest BCUT2D eigenvalue weighted by Crippen LogP contribution is -1.60. The lowest BCUT2D eigenvalue weighted by molar-refractivity contribution is 1.40. The second-order valence-electron chi connectivity index (χ2n) is 1.05. The van der Waals surface area contributed by atoms with E-state index in [2.05, 4.69) is 11.5 Å².